The predicted molar refractivity (Wildman–Crippen MR) is 116 cm³/mol. The first kappa shape index (κ1) is 20.3. The van der Waals surface area contributed by atoms with Crippen molar-refractivity contribution in [3.8, 4) is 0 Å². The molecule has 2 aromatic rings. The quantitative estimate of drug-likeness (QED) is 0.404. The Kier molecular flexibility index (Phi) is 7.50. The molecule has 0 unspecified atom stereocenters. The molecule has 1 fully saturated rings. The third kappa shape index (κ3) is 5.23. The van der Waals surface area contributed by atoms with E-state index in [2.05, 4.69) is 40.0 Å². The Hall–Kier alpha value is -2.03. The maximum atomic E-state index is 11.8. The van der Waals surface area contributed by atoms with E-state index in [0.717, 1.165) is 36.7 Å². The van der Waals surface area contributed by atoms with E-state index in [0.29, 0.717) is 13.0 Å². The van der Waals surface area contributed by atoms with E-state index < -0.39 is 0 Å². The van der Waals surface area contributed by atoms with Crippen LogP contribution in [0.2, 0.25) is 0 Å². The Balaban J connectivity index is 0.00000243. The molecule has 140 valence electrons. The lowest BCUT2D eigenvalue weighted by molar-refractivity contribution is -0.117. The van der Waals surface area contributed by atoms with Crippen LogP contribution in [-0.4, -0.2) is 30.0 Å². The van der Waals surface area contributed by atoms with Crippen molar-refractivity contribution < 1.29 is 4.79 Å². The second-order valence-electron chi connectivity index (χ2n) is 6.28. The highest BCUT2D eigenvalue weighted by molar-refractivity contribution is 14.0. The van der Waals surface area contributed by atoms with Crippen molar-refractivity contribution >= 4 is 41.5 Å². The number of rotatable bonds is 5. The van der Waals surface area contributed by atoms with E-state index in [1.54, 1.807) is 7.05 Å². The molecule has 1 aromatic heterocycles. The summed E-state index contributed by atoms with van der Waals surface area (Å²) >= 11 is 0. The first-order valence-corrected chi connectivity index (χ1v) is 8.60. The average Bonchev–Trinajstić information content (AvgIpc) is 3.24. The SMILES string of the molecule is CN=C(NCc1ccc(N2CCCC2=O)cc1)NCc1ccn(C)c1.I. The first-order chi connectivity index (χ1) is 12.2. The van der Waals surface area contributed by atoms with Gasteiger partial charge >= 0.3 is 0 Å². The fourth-order valence-electron chi connectivity index (χ4n) is 2.97. The lowest BCUT2D eigenvalue weighted by Gasteiger charge is -2.16. The lowest BCUT2D eigenvalue weighted by Crippen LogP contribution is -2.36. The molecule has 1 aliphatic heterocycles. The molecular formula is C19H26IN5O. The van der Waals surface area contributed by atoms with Gasteiger partial charge in [-0.3, -0.25) is 9.79 Å². The monoisotopic (exact) mass is 467 g/mol. The molecule has 2 heterocycles. The molecule has 1 aliphatic rings. The van der Waals surface area contributed by atoms with Gasteiger partial charge in [-0.25, -0.2) is 0 Å². The zero-order valence-electron chi connectivity index (χ0n) is 15.2. The van der Waals surface area contributed by atoms with E-state index in [4.69, 9.17) is 0 Å². The normalized spacial score (nSPS) is 14.3. The third-order valence-electron chi connectivity index (χ3n) is 4.36. The van der Waals surface area contributed by atoms with Gasteiger partial charge in [0.25, 0.3) is 0 Å². The number of amides is 1. The number of nitrogens with one attached hydrogen (secondary N) is 2. The highest BCUT2D eigenvalue weighted by Crippen LogP contribution is 2.21. The number of hydrogen-bond donors (Lipinski definition) is 2. The fraction of sp³-hybridized carbons (Fsp3) is 0.368. The molecule has 0 aliphatic carbocycles. The molecule has 0 saturated carbocycles. The summed E-state index contributed by atoms with van der Waals surface area (Å²) in [5.41, 5.74) is 3.35. The number of guanidine groups is 1. The van der Waals surface area contributed by atoms with Gasteiger partial charge in [-0.1, -0.05) is 12.1 Å². The van der Waals surface area contributed by atoms with Crippen molar-refractivity contribution in [2.45, 2.75) is 25.9 Å². The summed E-state index contributed by atoms with van der Waals surface area (Å²) in [6, 6.07) is 10.2. The lowest BCUT2D eigenvalue weighted by atomic mass is 10.2. The largest absolute Gasteiger partial charge is 0.357 e. The van der Waals surface area contributed by atoms with Gasteiger partial charge in [-0.05, 0) is 35.7 Å². The molecule has 1 amide bonds. The summed E-state index contributed by atoms with van der Waals surface area (Å²) in [6.07, 6.45) is 5.72. The summed E-state index contributed by atoms with van der Waals surface area (Å²) < 4.78 is 2.03. The van der Waals surface area contributed by atoms with E-state index in [-0.39, 0.29) is 29.9 Å². The van der Waals surface area contributed by atoms with Crippen LogP contribution in [0.3, 0.4) is 0 Å². The number of nitrogens with zero attached hydrogens (tertiary/aromatic N) is 3. The number of hydrogen-bond acceptors (Lipinski definition) is 2. The number of carbonyl (C=O) groups is 1. The maximum Gasteiger partial charge on any atom is 0.227 e. The Labute approximate surface area is 171 Å². The van der Waals surface area contributed by atoms with Crippen molar-refractivity contribution in [2.24, 2.45) is 12.0 Å². The molecule has 0 bridgehead atoms. The van der Waals surface area contributed by atoms with Crippen LogP contribution in [0.15, 0.2) is 47.7 Å². The predicted octanol–water partition coefficient (Wildman–Crippen LogP) is 2.64. The van der Waals surface area contributed by atoms with E-state index in [1.807, 2.05) is 34.8 Å². The fourth-order valence-corrected chi connectivity index (χ4v) is 2.97. The van der Waals surface area contributed by atoms with E-state index in [1.165, 1.54) is 5.56 Å². The van der Waals surface area contributed by atoms with E-state index in [9.17, 15) is 4.79 Å². The van der Waals surface area contributed by atoms with Crippen LogP contribution < -0.4 is 15.5 Å². The van der Waals surface area contributed by atoms with Gasteiger partial charge in [0.1, 0.15) is 0 Å². The number of aryl methyl sites for hydroxylation is 1. The van der Waals surface area contributed by atoms with Crippen LogP contribution in [0.5, 0.6) is 0 Å². The van der Waals surface area contributed by atoms with Gasteiger partial charge in [-0.15, -0.1) is 24.0 Å². The highest BCUT2D eigenvalue weighted by Gasteiger charge is 2.21. The Morgan fingerprint density at radius 3 is 2.35 bits per heavy atom. The van der Waals surface area contributed by atoms with Crippen molar-refractivity contribution in [2.75, 3.05) is 18.5 Å². The summed E-state index contributed by atoms with van der Waals surface area (Å²) in [5, 5.41) is 6.62. The third-order valence-corrected chi connectivity index (χ3v) is 4.36. The Bertz CT molecular complexity index is 754. The highest BCUT2D eigenvalue weighted by atomic mass is 127. The van der Waals surface area contributed by atoms with Crippen molar-refractivity contribution in [1.82, 2.24) is 15.2 Å². The second-order valence-corrected chi connectivity index (χ2v) is 6.28. The molecule has 6 nitrogen and oxygen atoms in total. The topological polar surface area (TPSA) is 61.7 Å². The van der Waals surface area contributed by atoms with Crippen LogP contribution in [0.25, 0.3) is 0 Å². The number of benzene rings is 1. The number of aliphatic imine (C=N–C) groups is 1. The molecule has 1 aromatic carbocycles. The Morgan fingerprint density at radius 2 is 1.81 bits per heavy atom. The van der Waals surface area contributed by atoms with Crippen LogP contribution in [0.4, 0.5) is 5.69 Å². The number of anilines is 1. The number of carbonyl (C=O) groups excluding carboxylic acids is 1. The minimum atomic E-state index is 0. The molecular weight excluding hydrogens is 441 g/mol. The van der Waals surface area contributed by atoms with Crippen molar-refractivity contribution in [3.63, 3.8) is 0 Å². The molecule has 0 atom stereocenters. The molecule has 0 radical (unpaired) electrons. The van der Waals surface area contributed by atoms with Crippen molar-refractivity contribution in [3.05, 3.63) is 53.9 Å². The zero-order valence-corrected chi connectivity index (χ0v) is 17.6. The smallest absolute Gasteiger partial charge is 0.227 e. The summed E-state index contributed by atoms with van der Waals surface area (Å²) in [4.78, 5) is 17.9. The first-order valence-electron chi connectivity index (χ1n) is 8.60. The minimum absolute atomic E-state index is 0. The van der Waals surface area contributed by atoms with Crippen LogP contribution in [0, 0.1) is 0 Å². The molecule has 3 rings (SSSR count). The van der Waals surface area contributed by atoms with Crippen LogP contribution in [-0.2, 0) is 24.9 Å². The van der Waals surface area contributed by atoms with E-state index >= 15 is 0 Å². The second kappa shape index (κ2) is 9.61. The summed E-state index contributed by atoms with van der Waals surface area (Å²) in [5.74, 6) is 0.985. The van der Waals surface area contributed by atoms with Gasteiger partial charge in [0.05, 0.1) is 0 Å². The number of halogens is 1. The van der Waals surface area contributed by atoms with Crippen LogP contribution in [0.1, 0.15) is 24.0 Å². The van der Waals surface area contributed by atoms with Gasteiger partial charge < -0.3 is 20.1 Å². The summed E-state index contributed by atoms with van der Waals surface area (Å²) in [7, 11) is 3.78. The molecule has 26 heavy (non-hydrogen) atoms. The number of aromatic nitrogens is 1. The van der Waals surface area contributed by atoms with Gasteiger partial charge in [0, 0.05) is 58.2 Å². The molecule has 1 saturated heterocycles. The standard InChI is InChI=1S/C19H25N5O.HI/c1-20-19(22-13-16-9-11-23(2)14-16)21-12-15-5-7-17(8-6-15)24-10-3-4-18(24)25;/h5-9,11,14H,3-4,10,12-13H2,1-2H3,(H2,20,21,22);1H. The van der Waals surface area contributed by atoms with Gasteiger partial charge in [0.2, 0.25) is 5.91 Å². The van der Waals surface area contributed by atoms with Gasteiger partial charge in [-0.2, -0.15) is 0 Å². The summed E-state index contributed by atoms with van der Waals surface area (Å²) in [6.45, 7) is 2.24. The minimum Gasteiger partial charge on any atom is -0.357 e. The Morgan fingerprint density at radius 1 is 1.12 bits per heavy atom. The zero-order chi connectivity index (χ0) is 17.6. The van der Waals surface area contributed by atoms with Crippen LogP contribution >= 0.6 is 24.0 Å². The molecule has 0 spiro atoms. The van der Waals surface area contributed by atoms with Crippen molar-refractivity contribution in [1.29, 1.82) is 0 Å². The molecule has 2 N–H and O–H groups in total. The molecule has 7 heteroatoms. The maximum absolute atomic E-state index is 11.8. The van der Waals surface area contributed by atoms with Gasteiger partial charge in [0.15, 0.2) is 5.96 Å². The average molecular weight is 467 g/mol.